The summed E-state index contributed by atoms with van der Waals surface area (Å²) < 4.78 is 15.8. The lowest BCUT2D eigenvalue weighted by atomic mass is 10.9. The molecule has 1 saturated heterocycles. The fourth-order valence-corrected chi connectivity index (χ4v) is 4.83. The monoisotopic (exact) mass is 180 g/mol. The molecule has 0 aromatic heterocycles. The van der Waals surface area contributed by atoms with Crippen molar-refractivity contribution in [2.75, 3.05) is 32.0 Å². The van der Waals surface area contributed by atoms with Crippen molar-refractivity contribution < 1.29 is 13.3 Å². The van der Waals surface area contributed by atoms with Gasteiger partial charge in [0.05, 0.1) is 5.38 Å². The van der Waals surface area contributed by atoms with Gasteiger partial charge in [0.25, 0.3) is 0 Å². The average Bonchev–Trinajstić information content (AvgIpc) is 2.06. The lowest BCUT2D eigenvalue weighted by Crippen LogP contribution is -2.50. The minimum Gasteiger partial charge on any atom is -0.376 e. The van der Waals surface area contributed by atoms with Gasteiger partial charge >= 0.3 is 8.80 Å². The fourth-order valence-electron chi connectivity index (χ4n) is 0.814. The number of thioether (sulfide) groups is 1. The third-order valence-electron chi connectivity index (χ3n) is 1.45. The molecule has 0 aromatic carbocycles. The lowest BCUT2D eigenvalue weighted by molar-refractivity contribution is 0.108. The van der Waals surface area contributed by atoms with Gasteiger partial charge in [0.1, 0.15) is 0 Å². The maximum Gasteiger partial charge on any atom is 0.510 e. The van der Waals surface area contributed by atoms with E-state index >= 15 is 0 Å². The molecule has 0 saturated carbocycles. The zero-order valence-electron chi connectivity index (χ0n) is 6.25. The summed E-state index contributed by atoms with van der Waals surface area (Å²) in [4.78, 5) is 0. The van der Waals surface area contributed by atoms with E-state index in [1.165, 1.54) is 0 Å². The summed E-state index contributed by atoms with van der Waals surface area (Å²) in [5.74, 6) is 1.06. The van der Waals surface area contributed by atoms with E-state index in [0.29, 0.717) is 0 Å². The maximum absolute atomic E-state index is 5.44. The Balaban J connectivity index is 2.44. The smallest absolute Gasteiger partial charge is 0.376 e. The van der Waals surface area contributed by atoms with Gasteiger partial charge < -0.3 is 13.3 Å². The van der Waals surface area contributed by atoms with Crippen LogP contribution in [0.2, 0.25) is 0 Å². The van der Waals surface area contributed by atoms with Crippen molar-refractivity contribution >= 4 is 20.6 Å². The van der Waals surface area contributed by atoms with Crippen LogP contribution in [0, 0.1) is 0 Å². The van der Waals surface area contributed by atoms with Crippen LogP contribution in [-0.2, 0) is 13.3 Å². The van der Waals surface area contributed by atoms with E-state index in [9.17, 15) is 0 Å². The van der Waals surface area contributed by atoms with Gasteiger partial charge in [-0.15, -0.1) is 0 Å². The van der Waals surface area contributed by atoms with Crippen LogP contribution in [0.5, 0.6) is 0 Å². The van der Waals surface area contributed by atoms with Crippen molar-refractivity contribution in [1.29, 1.82) is 0 Å². The largest absolute Gasteiger partial charge is 0.510 e. The Labute approximate surface area is 66.4 Å². The second-order valence-corrected chi connectivity index (χ2v) is 6.43. The minimum atomic E-state index is -2.17. The molecule has 5 heteroatoms. The van der Waals surface area contributed by atoms with E-state index in [2.05, 4.69) is 0 Å². The van der Waals surface area contributed by atoms with Crippen LogP contribution < -0.4 is 0 Å². The Morgan fingerprint density at radius 1 is 1.40 bits per heavy atom. The predicted octanol–water partition coefficient (Wildman–Crippen LogP) is 0.521. The second-order valence-electron chi connectivity index (χ2n) is 1.99. The van der Waals surface area contributed by atoms with E-state index in [4.69, 9.17) is 13.3 Å². The topological polar surface area (TPSA) is 27.7 Å². The molecular weight excluding hydrogens is 168 g/mol. The quantitative estimate of drug-likeness (QED) is 0.579. The summed E-state index contributed by atoms with van der Waals surface area (Å²) in [7, 11) is 1.14. The van der Waals surface area contributed by atoms with E-state index < -0.39 is 8.80 Å². The summed E-state index contributed by atoms with van der Waals surface area (Å²) in [5.41, 5.74) is 0. The van der Waals surface area contributed by atoms with E-state index in [1.54, 1.807) is 14.2 Å². The van der Waals surface area contributed by atoms with Crippen molar-refractivity contribution in [3.05, 3.63) is 0 Å². The Hall–Kier alpha value is 0.447. The molecule has 0 atom stereocenters. The summed E-state index contributed by atoms with van der Waals surface area (Å²) in [6.07, 6.45) is 0. The molecule has 3 nitrogen and oxygen atoms in total. The van der Waals surface area contributed by atoms with Gasteiger partial charge in [-0.05, 0) is 0 Å². The minimum absolute atomic E-state index is 0.762. The van der Waals surface area contributed by atoms with Crippen LogP contribution in [0.3, 0.4) is 0 Å². The first-order valence-electron chi connectivity index (χ1n) is 3.15. The molecule has 1 aliphatic rings. The summed E-state index contributed by atoms with van der Waals surface area (Å²) in [6, 6.07) is 0. The Kier molecular flexibility index (Phi) is 3.18. The summed E-state index contributed by atoms with van der Waals surface area (Å²) >= 11 is 1.84. The van der Waals surface area contributed by atoms with Crippen LogP contribution in [-0.4, -0.2) is 40.8 Å². The fraction of sp³-hybridized carbons (Fsp3) is 1.00. The normalized spacial score (nSPS) is 24.6. The van der Waals surface area contributed by atoms with E-state index in [-0.39, 0.29) is 0 Å². The number of rotatable bonds is 2. The maximum atomic E-state index is 5.44. The van der Waals surface area contributed by atoms with Gasteiger partial charge in [-0.2, -0.15) is 11.8 Å². The molecule has 1 rings (SSSR count). The van der Waals surface area contributed by atoms with Crippen molar-refractivity contribution in [1.82, 2.24) is 0 Å². The zero-order chi connectivity index (χ0) is 7.45. The van der Waals surface area contributed by atoms with Crippen molar-refractivity contribution in [2.45, 2.75) is 0 Å². The summed E-state index contributed by atoms with van der Waals surface area (Å²) in [6.45, 7) is 0.762. The van der Waals surface area contributed by atoms with Crippen LogP contribution >= 0.6 is 11.8 Å². The molecule has 0 aliphatic carbocycles. The first-order valence-corrected chi connectivity index (χ1v) is 6.24. The van der Waals surface area contributed by atoms with E-state index in [0.717, 1.165) is 17.7 Å². The Morgan fingerprint density at radius 3 is 2.40 bits per heavy atom. The molecule has 1 heterocycles. The number of hydrogen-bond acceptors (Lipinski definition) is 4. The van der Waals surface area contributed by atoms with Crippen LogP contribution in [0.4, 0.5) is 0 Å². The molecule has 0 amide bonds. The van der Waals surface area contributed by atoms with Gasteiger partial charge in [0.15, 0.2) is 0 Å². The van der Waals surface area contributed by atoms with E-state index in [1.807, 2.05) is 11.8 Å². The van der Waals surface area contributed by atoms with Gasteiger partial charge in [-0.25, -0.2) is 0 Å². The molecule has 1 aliphatic heterocycles. The van der Waals surface area contributed by atoms with Crippen molar-refractivity contribution in [2.24, 2.45) is 0 Å². The van der Waals surface area contributed by atoms with Crippen molar-refractivity contribution in [3.8, 4) is 0 Å². The summed E-state index contributed by atoms with van der Waals surface area (Å²) in [5, 5.41) is 0.889. The molecule has 0 bridgehead atoms. The number of hydrogen-bond donors (Lipinski definition) is 0. The third-order valence-corrected chi connectivity index (χ3v) is 6.02. The highest BCUT2D eigenvalue weighted by atomic mass is 32.2. The molecule has 0 N–H and O–H groups in total. The highest BCUT2D eigenvalue weighted by Gasteiger charge is 2.41. The molecule has 0 spiro atoms. The predicted molar refractivity (Wildman–Crippen MR) is 43.0 cm³/mol. The molecule has 10 heavy (non-hydrogen) atoms. The molecule has 0 unspecified atom stereocenters. The molecule has 60 valence electrons. The SMILES string of the molecule is CO[Si]1(OC)CSCCO1. The Morgan fingerprint density at radius 2 is 2.10 bits per heavy atom. The third kappa shape index (κ3) is 1.73. The Bertz CT molecular complexity index is 99.1. The molecule has 0 aromatic rings. The first-order chi connectivity index (χ1) is 4.83. The van der Waals surface area contributed by atoms with Crippen LogP contribution in [0.15, 0.2) is 0 Å². The molecule has 1 fully saturated rings. The highest BCUT2D eigenvalue weighted by Crippen LogP contribution is 2.19. The van der Waals surface area contributed by atoms with Gasteiger partial charge in [-0.3, -0.25) is 0 Å². The van der Waals surface area contributed by atoms with Crippen molar-refractivity contribution in [3.63, 3.8) is 0 Å². The first kappa shape index (κ1) is 8.54. The second kappa shape index (κ2) is 3.73. The standard InChI is InChI=1S/C5H12O3SSi/c1-6-10(7-2)5-9-4-3-8-10/h3-5H2,1-2H3. The highest BCUT2D eigenvalue weighted by molar-refractivity contribution is 8.00. The molecule has 0 radical (unpaired) electrons. The van der Waals surface area contributed by atoms with Crippen LogP contribution in [0.25, 0.3) is 0 Å². The van der Waals surface area contributed by atoms with Gasteiger partial charge in [-0.1, -0.05) is 0 Å². The van der Waals surface area contributed by atoms with Gasteiger partial charge in [0, 0.05) is 26.6 Å². The van der Waals surface area contributed by atoms with Crippen LogP contribution in [0.1, 0.15) is 0 Å². The molecular formula is C5H12O3SSi. The van der Waals surface area contributed by atoms with Gasteiger partial charge in [0.2, 0.25) is 0 Å². The lowest BCUT2D eigenvalue weighted by Gasteiger charge is -2.29. The zero-order valence-corrected chi connectivity index (χ0v) is 8.07. The average molecular weight is 180 g/mol.